The molecule has 1 aromatic rings. The molecule has 0 saturated carbocycles. The molecule has 0 bridgehead atoms. The smallest absolute Gasteiger partial charge is 0.358 e. The summed E-state index contributed by atoms with van der Waals surface area (Å²) in [5.41, 5.74) is -0.0745. The topological polar surface area (TPSA) is 88.3 Å². The van der Waals surface area contributed by atoms with Crippen LogP contribution in [-0.2, 0) is 4.79 Å². The van der Waals surface area contributed by atoms with E-state index in [4.69, 9.17) is 5.11 Å². The number of nitrogens with zero attached hydrogens (tertiary/aromatic N) is 4. The van der Waals surface area contributed by atoms with Crippen molar-refractivity contribution >= 4 is 12.4 Å². The summed E-state index contributed by atoms with van der Waals surface area (Å²) in [7, 11) is 0. The van der Waals surface area contributed by atoms with E-state index in [2.05, 4.69) is 10.3 Å². The normalized spacial score (nSPS) is 16.4. The third-order valence-electron chi connectivity index (χ3n) is 2.14. The SMILES string of the molecule is O=CN1CC(n2cc(C(=O)O)nn2)C1. The molecule has 0 atom stereocenters. The molecule has 14 heavy (non-hydrogen) atoms. The summed E-state index contributed by atoms with van der Waals surface area (Å²) in [6.45, 7) is 1.12. The first-order valence-corrected chi connectivity index (χ1v) is 4.05. The fourth-order valence-electron chi connectivity index (χ4n) is 1.29. The largest absolute Gasteiger partial charge is 0.476 e. The quantitative estimate of drug-likeness (QED) is 0.625. The van der Waals surface area contributed by atoms with Gasteiger partial charge in [0.2, 0.25) is 6.41 Å². The third kappa shape index (κ3) is 1.32. The Kier molecular flexibility index (Phi) is 1.91. The average molecular weight is 196 g/mol. The van der Waals surface area contributed by atoms with Crippen molar-refractivity contribution in [2.24, 2.45) is 0 Å². The molecule has 1 aliphatic heterocycles. The fourth-order valence-corrected chi connectivity index (χ4v) is 1.29. The number of carboxylic acids is 1. The molecule has 1 aromatic heterocycles. The van der Waals surface area contributed by atoms with Gasteiger partial charge in [-0.1, -0.05) is 5.21 Å². The van der Waals surface area contributed by atoms with Gasteiger partial charge < -0.3 is 10.0 Å². The number of aromatic carboxylic acids is 1. The van der Waals surface area contributed by atoms with Crippen LogP contribution in [0, 0.1) is 0 Å². The van der Waals surface area contributed by atoms with Gasteiger partial charge in [0, 0.05) is 13.1 Å². The number of likely N-dealkylation sites (tertiary alicyclic amines) is 1. The Morgan fingerprint density at radius 1 is 1.64 bits per heavy atom. The molecule has 1 fully saturated rings. The monoisotopic (exact) mass is 196 g/mol. The first-order valence-electron chi connectivity index (χ1n) is 4.05. The highest BCUT2D eigenvalue weighted by atomic mass is 16.4. The first-order chi connectivity index (χ1) is 6.70. The Morgan fingerprint density at radius 2 is 2.36 bits per heavy atom. The second-order valence-electron chi connectivity index (χ2n) is 3.10. The second kappa shape index (κ2) is 3.09. The number of hydrogen-bond acceptors (Lipinski definition) is 4. The Balaban J connectivity index is 2.04. The molecule has 7 heteroatoms. The highest BCUT2D eigenvalue weighted by Gasteiger charge is 2.28. The lowest BCUT2D eigenvalue weighted by molar-refractivity contribution is -0.123. The summed E-state index contributed by atoms with van der Waals surface area (Å²) in [6, 6.07) is 0.0563. The Morgan fingerprint density at radius 3 is 2.86 bits per heavy atom. The van der Waals surface area contributed by atoms with Crippen molar-refractivity contribution in [3.05, 3.63) is 11.9 Å². The number of hydrogen-bond donors (Lipinski definition) is 1. The fraction of sp³-hybridized carbons (Fsp3) is 0.429. The van der Waals surface area contributed by atoms with Gasteiger partial charge in [-0.2, -0.15) is 0 Å². The van der Waals surface area contributed by atoms with E-state index in [-0.39, 0.29) is 11.7 Å². The van der Waals surface area contributed by atoms with Crippen LogP contribution < -0.4 is 0 Å². The van der Waals surface area contributed by atoms with Crippen molar-refractivity contribution < 1.29 is 14.7 Å². The molecule has 0 aliphatic carbocycles. The minimum absolute atomic E-state index is 0.0563. The van der Waals surface area contributed by atoms with E-state index >= 15 is 0 Å². The van der Waals surface area contributed by atoms with Crippen molar-refractivity contribution in [3.63, 3.8) is 0 Å². The van der Waals surface area contributed by atoms with Crippen molar-refractivity contribution in [2.75, 3.05) is 13.1 Å². The minimum Gasteiger partial charge on any atom is -0.476 e. The van der Waals surface area contributed by atoms with Crippen molar-refractivity contribution in [3.8, 4) is 0 Å². The molecular formula is C7H8N4O3. The summed E-state index contributed by atoms with van der Waals surface area (Å²) in [5.74, 6) is -1.09. The van der Waals surface area contributed by atoms with Crippen LogP contribution in [0.4, 0.5) is 0 Å². The molecule has 1 aliphatic rings. The Hall–Kier alpha value is -1.92. The molecule has 0 unspecified atom stereocenters. The molecule has 2 rings (SSSR count). The van der Waals surface area contributed by atoms with Crippen LogP contribution in [0.15, 0.2) is 6.20 Å². The summed E-state index contributed by atoms with van der Waals surface area (Å²) >= 11 is 0. The van der Waals surface area contributed by atoms with Gasteiger partial charge in [-0.05, 0) is 0 Å². The molecule has 0 radical (unpaired) electrons. The molecular weight excluding hydrogens is 188 g/mol. The van der Waals surface area contributed by atoms with Crippen LogP contribution in [0.5, 0.6) is 0 Å². The van der Waals surface area contributed by atoms with E-state index in [0.717, 1.165) is 6.41 Å². The number of carbonyl (C=O) groups excluding carboxylic acids is 1. The lowest BCUT2D eigenvalue weighted by Gasteiger charge is -2.35. The molecule has 1 amide bonds. The molecule has 2 heterocycles. The van der Waals surface area contributed by atoms with Crippen LogP contribution in [0.2, 0.25) is 0 Å². The summed E-state index contributed by atoms with van der Waals surface area (Å²) < 4.78 is 1.48. The van der Waals surface area contributed by atoms with E-state index < -0.39 is 5.97 Å². The zero-order chi connectivity index (χ0) is 10.1. The maximum atomic E-state index is 10.5. The van der Waals surface area contributed by atoms with Crippen molar-refractivity contribution in [1.82, 2.24) is 19.9 Å². The van der Waals surface area contributed by atoms with Gasteiger partial charge in [0.05, 0.1) is 12.2 Å². The Labute approximate surface area is 78.9 Å². The summed E-state index contributed by atoms with van der Waals surface area (Å²) in [5, 5.41) is 15.7. The second-order valence-corrected chi connectivity index (χ2v) is 3.10. The zero-order valence-corrected chi connectivity index (χ0v) is 7.20. The molecule has 0 spiro atoms. The van der Waals surface area contributed by atoms with Crippen LogP contribution in [0.25, 0.3) is 0 Å². The predicted octanol–water partition coefficient (Wildman–Crippen LogP) is -1.01. The van der Waals surface area contributed by atoms with Gasteiger partial charge in [0.1, 0.15) is 0 Å². The maximum absolute atomic E-state index is 10.5. The molecule has 74 valence electrons. The van der Waals surface area contributed by atoms with Crippen molar-refractivity contribution in [2.45, 2.75) is 6.04 Å². The third-order valence-corrected chi connectivity index (χ3v) is 2.14. The van der Waals surface area contributed by atoms with Crippen LogP contribution in [-0.4, -0.2) is 50.5 Å². The highest BCUT2D eigenvalue weighted by Crippen LogP contribution is 2.17. The lowest BCUT2D eigenvalue weighted by Crippen LogP contribution is -2.46. The summed E-state index contributed by atoms with van der Waals surface area (Å²) in [4.78, 5) is 22.3. The van der Waals surface area contributed by atoms with E-state index in [9.17, 15) is 9.59 Å². The van der Waals surface area contributed by atoms with E-state index in [1.807, 2.05) is 0 Å². The summed E-state index contributed by atoms with van der Waals surface area (Å²) in [6.07, 6.45) is 2.13. The Bertz CT molecular complexity index is 369. The average Bonchev–Trinajstić information content (AvgIpc) is 2.51. The number of carboxylic acid groups (broad SMARTS) is 1. The van der Waals surface area contributed by atoms with Gasteiger partial charge in [-0.3, -0.25) is 4.79 Å². The van der Waals surface area contributed by atoms with E-state index in [0.29, 0.717) is 13.1 Å². The highest BCUT2D eigenvalue weighted by molar-refractivity contribution is 5.84. The van der Waals surface area contributed by atoms with Crippen LogP contribution in [0.3, 0.4) is 0 Å². The standard InChI is InChI=1S/C7H8N4O3/c12-4-10-1-5(2-10)11-3-6(7(13)14)8-9-11/h3-5H,1-2H2,(H,13,14). The lowest BCUT2D eigenvalue weighted by atomic mass is 10.1. The van der Waals surface area contributed by atoms with Gasteiger partial charge in [0.25, 0.3) is 0 Å². The molecule has 0 aromatic carbocycles. The van der Waals surface area contributed by atoms with Crippen LogP contribution >= 0.6 is 0 Å². The zero-order valence-electron chi connectivity index (χ0n) is 7.20. The molecule has 1 N–H and O–H groups in total. The number of carbonyl (C=O) groups is 2. The molecule has 1 saturated heterocycles. The maximum Gasteiger partial charge on any atom is 0.358 e. The van der Waals surface area contributed by atoms with Crippen LogP contribution in [0.1, 0.15) is 16.5 Å². The number of amides is 1. The molecule has 7 nitrogen and oxygen atoms in total. The van der Waals surface area contributed by atoms with Gasteiger partial charge in [-0.15, -0.1) is 5.10 Å². The first kappa shape index (κ1) is 8.67. The van der Waals surface area contributed by atoms with Gasteiger partial charge >= 0.3 is 5.97 Å². The van der Waals surface area contributed by atoms with E-state index in [1.54, 1.807) is 4.90 Å². The predicted molar refractivity (Wildman–Crippen MR) is 43.7 cm³/mol. The van der Waals surface area contributed by atoms with Crippen molar-refractivity contribution in [1.29, 1.82) is 0 Å². The van der Waals surface area contributed by atoms with E-state index in [1.165, 1.54) is 10.9 Å². The van der Waals surface area contributed by atoms with Gasteiger partial charge in [-0.25, -0.2) is 9.48 Å². The number of aromatic nitrogens is 3. The number of rotatable bonds is 3. The minimum atomic E-state index is -1.09. The van der Waals surface area contributed by atoms with Gasteiger partial charge in [0.15, 0.2) is 5.69 Å².